The van der Waals surface area contributed by atoms with Crippen LogP contribution >= 0.6 is 0 Å². The first-order valence-corrected chi connectivity index (χ1v) is 5.58. The third-order valence-electron chi connectivity index (χ3n) is 1.68. The van der Waals surface area contributed by atoms with Crippen LogP contribution in [-0.2, 0) is 9.84 Å². The van der Waals surface area contributed by atoms with Crippen molar-refractivity contribution in [2.45, 2.75) is 4.90 Å². The highest BCUT2D eigenvalue weighted by molar-refractivity contribution is 7.90. The van der Waals surface area contributed by atoms with Crippen molar-refractivity contribution in [2.75, 3.05) is 19.1 Å². The summed E-state index contributed by atoms with van der Waals surface area (Å²) in [6.07, 6.45) is 0.996. The number of anilines is 1. The van der Waals surface area contributed by atoms with Crippen molar-refractivity contribution in [3.05, 3.63) is 17.9 Å². The van der Waals surface area contributed by atoms with Gasteiger partial charge in [0.05, 0.1) is 17.7 Å². The maximum Gasteiger partial charge on any atom is 0.177 e. The van der Waals surface area contributed by atoms with Crippen molar-refractivity contribution in [3.63, 3.8) is 0 Å². The number of rotatable bonds is 2. The molecule has 78 valence electrons. The lowest BCUT2D eigenvalue weighted by Gasteiger charge is -2.07. The molecule has 0 heterocycles. The zero-order chi connectivity index (χ0) is 10.9. The Hall–Kier alpha value is -1.30. The van der Waals surface area contributed by atoms with Crippen LogP contribution in [-0.4, -0.2) is 21.8 Å². The van der Waals surface area contributed by atoms with Crippen LogP contribution in [0.15, 0.2) is 17.0 Å². The van der Waals surface area contributed by atoms with Crippen molar-refractivity contribution in [2.24, 2.45) is 0 Å². The van der Waals surface area contributed by atoms with Gasteiger partial charge < -0.3 is 10.5 Å². The molecule has 0 saturated carbocycles. The second kappa shape index (κ2) is 3.45. The van der Waals surface area contributed by atoms with E-state index in [9.17, 15) is 12.8 Å². The third-order valence-corrected chi connectivity index (χ3v) is 2.84. The van der Waals surface area contributed by atoms with Crippen molar-refractivity contribution >= 4 is 15.5 Å². The zero-order valence-corrected chi connectivity index (χ0v) is 8.56. The molecule has 1 aromatic rings. The molecular weight excluding hydrogens is 209 g/mol. The predicted octanol–water partition coefficient (Wildman–Crippen LogP) is 0.820. The highest BCUT2D eigenvalue weighted by Gasteiger charge is 2.15. The van der Waals surface area contributed by atoms with Gasteiger partial charge in [-0.1, -0.05) is 0 Å². The van der Waals surface area contributed by atoms with Crippen molar-refractivity contribution in [1.82, 2.24) is 0 Å². The summed E-state index contributed by atoms with van der Waals surface area (Å²) in [4.78, 5) is -0.129. The Kier molecular flexibility index (Phi) is 2.66. The first-order valence-electron chi connectivity index (χ1n) is 3.69. The van der Waals surface area contributed by atoms with Crippen LogP contribution in [0.4, 0.5) is 10.1 Å². The molecule has 0 atom stereocenters. The molecule has 0 aliphatic rings. The minimum atomic E-state index is -3.45. The largest absolute Gasteiger partial charge is 0.494 e. The number of benzene rings is 1. The van der Waals surface area contributed by atoms with Crippen molar-refractivity contribution in [3.8, 4) is 5.75 Å². The lowest BCUT2D eigenvalue weighted by atomic mass is 10.3. The smallest absolute Gasteiger partial charge is 0.177 e. The van der Waals surface area contributed by atoms with Gasteiger partial charge >= 0.3 is 0 Å². The van der Waals surface area contributed by atoms with Gasteiger partial charge in [-0.25, -0.2) is 12.8 Å². The number of hydrogen-bond acceptors (Lipinski definition) is 4. The lowest BCUT2D eigenvalue weighted by Crippen LogP contribution is -2.04. The SMILES string of the molecule is COc1cc(S(C)(=O)=O)c(N)cc1F. The van der Waals surface area contributed by atoms with Crippen LogP contribution in [0.1, 0.15) is 0 Å². The highest BCUT2D eigenvalue weighted by Crippen LogP contribution is 2.26. The number of nitrogens with two attached hydrogens (primary N) is 1. The summed E-state index contributed by atoms with van der Waals surface area (Å²) in [7, 11) is -2.20. The fourth-order valence-electron chi connectivity index (χ4n) is 1.03. The minimum absolute atomic E-state index is 0.120. The second-order valence-electron chi connectivity index (χ2n) is 2.80. The second-order valence-corrected chi connectivity index (χ2v) is 4.78. The van der Waals surface area contributed by atoms with Gasteiger partial charge in [0.25, 0.3) is 0 Å². The summed E-state index contributed by atoms with van der Waals surface area (Å²) >= 11 is 0. The summed E-state index contributed by atoms with van der Waals surface area (Å²) in [5.41, 5.74) is 5.24. The first-order chi connectivity index (χ1) is 6.36. The molecule has 0 aliphatic heterocycles. The number of halogens is 1. The molecule has 1 rings (SSSR count). The Morgan fingerprint density at radius 2 is 2.00 bits per heavy atom. The highest BCUT2D eigenvalue weighted by atomic mass is 32.2. The zero-order valence-electron chi connectivity index (χ0n) is 7.74. The summed E-state index contributed by atoms with van der Waals surface area (Å²) in [6.45, 7) is 0. The van der Waals surface area contributed by atoms with E-state index in [4.69, 9.17) is 5.73 Å². The Morgan fingerprint density at radius 1 is 1.43 bits per heavy atom. The molecule has 0 amide bonds. The van der Waals surface area contributed by atoms with E-state index in [2.05, 4.69) is 4.74 Å². The topological polar surface area (TPSA) is 69.4 Å². The van der Waals surface area contributed by atoms with Gasteiger partial charge in [0, 0.05) is 18.4 Å². The van der Waals surface area contributed by atoms with Gasteiger partial charge in [0.2, 0.25) is 0 Å². The van der Waals surface area contributed by atoms with E-state index >= 15 is 0 Å². The average molecular weight is 219 g/mol. The normalized spacial score (nSPS) is 11.4. The van der Waals surface area contributed by atoms with Gasteiger partial charge in [-0.05, 0) is 0 Å². The van der Waals surface area contributed by atoms with Crippen LogP contribution in [0.2, 0.25) is 0 Å². The number of nitrogen functional groups attached to an aromatic ring is 1. The standard InChI is InChI=1S/C8H10FNO3S/c1-13-7-4-8(14(2,11)12)6(10)3-5(7)9/h3-4H,10H2,1-2H3. The van der Waals surface area contributed by atoms with Crippen LogP contribution in [0, 0.1) is 5.82 Å². The van der Waals surface area contributed by atoms with Crippen LogP contribution < -0.4 is 10.5 Å². The molecule has 0 fully saturated rings. The van der Waals surface area contributed by atoms with E-state index in [0.29, 0.717) is 0 Å². The molecule has 1 aromatic carbocycles. The van der Waals surface area contributed by atoms with E-state index in [-0.39, 0.29) is 16.3 Å². The monoisotopic (exact) mass is 219 g/mol. The maximum absolute atomic E-state index is 13.0. The third kappa shape index (κ3) is 1.95. The maximum atomic E-state index is 13.0. The molecule has 0 radical (unpaired) electrons. The molecule has 0 bridgehead atoms. The Balaban J connectivity index is 3.47. The van der Waals surface area contributed by atoms with Crippen LogP contribution in [0.25, 0.3) is 0 Å². The molecule has 0 aromatic heterocycles. The Morgan fingerprint density at radius 3 is 2.43 bits per heavy atom. The molecule has 0 aliphatic carbocycles. The summed E-state index contributed by atoms with van der Waals surface area (Å²) in [5, 5.41) is 0. The van der Waals surface area contributed by atoms with E-state index < -0.39 is 15.7 Å². The first kappa shape index (κ1) is 10.8. The fourth-order valence-corrected chi connectivity index (χ4v) is 1.84. The summed E-state index contributed by atoms with van der Waals surface area (Å²) in [6, 6.07) is 2.00. The van der Waals surface area contributed by atoms with Gasteiger partial charge in [0.1, 0.15) is 0 Å². The van der Waals surface area contributed by atoms with E-state index in [1.807, 2.05) is 0 Å². The lowest BCUT2D eigenvalue weighted by molar-refractivity contribution is 0.385. The number of sulfone groups is 1. The molecule has 0 spiro atoms. The number of ether oxygens (including phenoxy) is 1. The molecule has 0 unspecified atom stereocenters. The predicted molar refractivity (Wildman–Crippen MR) is 50.5 cm³/mol. The molecule has 0 saturated heterocycles. The summed E-state index contributed by atoms with van der Waals surface area (Å²) < 4.78 is 40.0. The van der Waals surface area contributed by atoms with Crippen molar-refractivity contribution in [1.29, 1.82) is 0 Å². The van der Waals surface area contributed by atoms with Gasteiger partial charge in [0.15, 0.2) is 21.4 Å². The van der Waals surface area contributed by atoms with Gasteiger partial charge in [-0.3, -0.25) is 0 Å². The quantitative estimate of drug-likeness (QED) is 0.590. The van der Waals surface area contributed by atoms with E-state index in [1.54, 1.807) is 0 Å². The Labute approximate surface area is 81.4 Å². The van der Waals surface area contributed by atoms with Crippen LogP contribution in [0.5, 0.6) is 5.75 Å². The Bertz CT molecular complexity index is 456. The number of methoxy groups -OCH3 is 1. The van der Waals surface area contributed by atoms with E-state index in [1.165, 1.54) is 7.11 Å². The van der Waals surface area contributed by atoms with Crippen molar-refractivity contribution < 1.29 is 17.5 Å². The van der Waals surface area contributed by atoms with E-state index in [0.717, 1.165) is 18.4 Å². The fraction of sp³-hybridized carbons (Fsp3) is 0.250. The minimum Gasteiger partial charge on any atom is -0.494 e. The molecule has 2 N–H and O–H groups in total. The van der Waals surface area contributed by atoms with Gasteiger partial charge in [-0.2, -0.15) is 0 Å². The molecule has 6 heteroatoms. The molecule has 4 nitrogen and oxygen atoms in total. The summed E-state index contributed by atoms with van der Waals surface area (Å²) in [5.74, 6) is -0.822. The molecular formula is C8H10FNO3S. The average Bonchev–Trinajstić information content (AvgIpc) is 2.02. The van der Waals surface area contributed by atoms with Gasteiger partial charge in [-0.15, -0.1) is 0 Å². The van der Waals surface area contributed by atoms with Crippen LogP contribution in [0.3, 0.4) is 0 Å². The molecule has 14 heavy (non-hydrogen) atoms. The number of hydrogen-bond donors (Lipinski definition) is 1.